The Morgan fingerprint density at radius 3 is 2.40 bits per heavy atom. The summed E-state index contributed by atoms with van der Waals surface area (Å²) in [6, 6.07) is -0.977. The molecule has 0 bridgehead atoms. The second-order valence-electron chi connectivity index (χ2n) is 4.45. The number of alkyl halides is 3. The highest BCUT2D eigenvalue weighted by molar-refractivity contribution is 5.82. The van der Waals surface area contributed by atoms with Crippen molar-refractivity contribution in [1.29, 1.82) is 0 Å². The number of hydrogen-bond donors (Lipinski definition) is 1. The van der Waals surface area contributed by atoms with Gasteiger partial charge in [0.05, 0.1) is 19.6 Å². The summed E-state index contributed by atoms with van der Waals surface area (Å²) < 4.78 is 41.7. The first-order valence-corrected chi connectivity index (χ1v) is 6.39. The summed E-state index contributed by atoms with van der Waals surface area (Å²) in [4.78, 5) is 23.4. The van der Waals surface area contributed by atoms with Gasteiger partial charge >= 0.3 is 12.1 Å². The van der Waals surface area contributed by atoms with Crippen molar-refractivity contribution < 1.29 is 27.5 Å². The second kappa shape index (κ2) is 8.78. The van der Waals surface area contributed by atoms with E-state index in [1.807, 2.05) is 6.92 Å². The Kier molecular flexibility index (Phi) is 8.21. The highest BCUT2D eigenvalue weighted by Crippen LogP contribution is 2.17. The lowest BCUT2D eigenvalue weighted by molar-refractivity contribution is -0.163. The first kappa shape index (κ1) is 18.7. The van der Waals surface area contributed by atoms with Gasteiger partial charge in [0.15, 0.2) is 0 Å². The normalized spacial score (nSPS) is 12.9. The Labute approximate surface area is 116 Å². The van der Waals surface area contributed by atoms with Crippen molar-refractivity contribution in [2.45, 2.75) is 44.8 Å². The number of nitrogens with zero attached hydrogens (tertiary/aromatic N) is 1. The van der Waals surface area contributed by atoms with Gasteiger partial charge in [-0.05, 0) is 6.42 Å². The Bertz CT molecular complexity index is 322. The fourth-order valence-corrected chi connectivity index (χ4v) is 1.59. The number of hydrogen-bond acceptors (Lipinski definition) is 4. The molecule has 0 heterocycles. The quantitative estimate of drug-likeness (QED) is 0.689. The molecule has 0 rings (SSSR count). The summed E-state index contributed by atoms with van der Waals surface area (Å²) in [6.45, 7) is 0.120. The summed E-state index contributed by atoms with van der Waals surface area (Å²) in [5.74, 6) is -1.47. The fourth-order valence-electron chi connectivity index (χ4n) is 1.59. The number of unbranched alkanes of at least 4 members (excludes halogenated alkanes) is 1. The maximum atomic E-state index is 12.4. The number of rotatable bonds is 8. The summed E-state index contributed by atoms with van der Waals surface area (Å²) in [6.07, 6.45) is -3.05. The highest BCUT2D eigenvalue weighted by atomic mass is 19.4. The van der Waals surface area contributed by atoms with Crippen molar-refractivity contribution in [2.75, 3.05) is 20.2 Å². The van der Waals surface area contributed by atoms with E-state index in [9.17, 15) is 22.8 Å². The lowest BCUT2D eigenvalue weighted by atomic mass is 10.1. The van der Waals surface area contributed by atoms with Crippen molar-refractivity contribution >= 4 is 11.9 Å². The van der Waals surface area contributed by atoms with Gasteiger partial charge in [0.2, 0.25) is 5.91 Å². The molecule has 0 saturated carbocycles. The molecule has 2 N–H and O–H groups in total. The molecule has 5 nitrogen and oxygen atoms in total. The number of carbonyl (C=O) groups excluding carboxylic acids is 2. The zero-order chi connectivity index (χ0) is 15.8. The van der Waals surface area contributed by atoms with E-state index in [-0.39, 0.29) is 13.0 Å². The summed E-state index contributed by atoms with van der Waals surface area (Å²) in [5.41, 5.74) is 5.59. The van der Waals surface area contributed by atoms with Crippen LogP contribution in [0.4, 0.5) is 13.2 Å². The topological polar surface area (TPSA) is 72.6 Å². The molecule has 20 heavy (non-hydrogen) atoms. The second-order valence-corrected chi connectivity index (χ2v) is 4.45. The van der Waals surface area contributed by atoms with Crippen LogP contribution in [0.3, 0.4) is 0 Å². The molecule has 0 aromatic rings. The molecular formula is C12H21F3N2O3. The maximum Gasteiger partial charge on any atom is 0.406 e. The fraction of sp³-hybridized carbons (Fsp3) is 0.833. The average Bonchev–Trinajstić information content (AvgIpc) is 2.38. The van der Waals surface area contributed by atoms with Crippen LogP contribution in [0, 0.1) is 0 Å². The molecule has 0 saturated heterocycles. The molecule has 0 aromatic heterocycles. The highest BCUT2D eigenvalue weighted by Gasteiger charge is 2.34. The van der Waals surface area contributed by atoms with Gasteiger partial charge in [-0.25, -0.2) is 0 Å². The number of esters is 1. The molecular weight excluding hydrogens is 277 g/mol. The molecule has 1 unspecified atom stereocenters. The first-order chi connectivity index (χ1) is 9.21. The minimum atomic E-state index is -4.53. The molecule has 8 heteroatoms. The van der Waals surface area contributed by atoms with E-state index in [0.717, 1.165) is 13.5 Å². The third-order valence-electron chi connectivity index (χ3n) is 2.68. The molecule has 0 radical (unpaired) electrons. The van der Waals surface area contributed by atoms with Crippen molar-refractivity contribution in [2.24, 2.45) is 5.73 Å². The van der Waals surface area contributed by atoms with Crippen LogP contribution in [-0.4, -0.2) is 49.2 Å². The minimum Gasteiger partial charge on any atom is -0.469 e. The van der Waals surface area contributed by atoms with Crippen LogP contribution >= 0.6 is 0 Å². The number of methoxy groups -OCH3 is 1. The molecule has 1 amide bonds. The SMILES string of the molecule is CCCCC(N)C(=O)N(CCC(=O)OC)CC(F)(F)F. The van der Waals surface area contributed by atoms with Crippen LogP contribution in [0.25, 0.3) is 0 Å². The predicted molar refractivity (Wildman–Crippen MR) is 66.8 cm³/mol. The monoisotopic (exact) mass is 298 g/mol. The Morgan fingerprint density at radius 1 is 1.35 bits per heavy atom. The minimum absolute atomic E-state index is 0.293. The first-order valence-electron chi connectivity index (χ1n) is 6.39. The van der Waals surface area contributed by atoms with Gasteiger partial charge in [0.1, 0.15) is 6.54 Å². The third kappa shape index (κ3) is 7.98. The van der Waals surface area contributed by atoms with Gasteiger partial charge in [-0.3, -0.25) is 9.59 Å². The average molecular weight is 298 g/mol. The lowest BCUT2D eigenvalue weighted by Crippen LogP contribution is -2.48. The van der Waals surface area contributed by atoms with Crippen LogP contribution in [0.2, 0.25) is 0 Å². The van der Waals surface area contributed by atoms with Crippen LogP contribution in [-0.2, 0) is 14.3 Å². The van der Waals surface area contributed by atoms with E-state index in [0.29, 0.717) is 17.7 Å². The molecule has 0 fully saturated rings. The van der Waals surface area contributed by atoms with Crippen molar-refractivity contribution in [1.82, 2.24) is 4.90 Å². The number of halogens is 3. The number of nitrogens with two attached hydrogens (primary N) is 1. The van der Waals surface area contributed by atoms with E-state index >= 15 is 0 Å². The third-order valence-corrected chi connectivity index (χ3v) is 2.68. The molecule has 0 aliphatic heterocycles. The summed E-state index contributed by atoms with van der Waals surface area (Å²) in [5, 5.41) is 0. The molecule has 0 aromatic carbocycles. The van der Waals surface area contributed by atoms with Crippen LogP contribution in [0.5, 0.6) is 0 Å². The summed E-state index contributed by atoms with van der Waals surface area (Å²) >= 11 is 0. The van der Waals surface area contributed by atoms with Crippen molar-refractivity contribution in [3.8, 4) is 0 Å². The van der Waals surface area contributed by atoms with Gasteiger partial charge < -0.3 is 15.4 Å². The van der Waals surface area contributed by atoms with Gasteiger partial charge in [0, 0.05) is 6.54 Å². The standard InChI is InChI=1S/C12H21F3N2O3/c1-3-4-5-9(16)11(19)17(8-12(13,14)15)7-6-10(18)20-2/h9H,3-8,16H2,1-2H3. The summed E-state index contributed by atoms with van der Waals surface area (Å²) in [7, 11) is 1.13. The molecule has 118 valence electrons. The number of amides is 1. The smallest absolute Gasteiger partial charge is 0.406 e. The van der Waals surface area contributed by atoms with Crippen molar-refractivity contribution in [3.63, 3.8) is 0 Å². The lowest BCUT2D eigenvalue weighted by Gasteiger charge is -2.26. The number of carbonyl (C=O) groups is 2. The molecule has 0 aliphatic carbocycles. The van der Waals surface area contributed by atoms with Crippen LogP contribution < -0.4 is 5.73 Å². The van der Waals surface area contributed by atoms with E-state index < -0.39 is 30.6 Å². The van der Waals surface area contributed by atoms with Crippen molar-refractivity contribution in [3.05, 3.63) is 0 Å². The zero-order valence-corrected chi connectivity index (χ0v) is 11.7. The zero-order valence-electron chi connectivity index (χ0n) is 11.7. The largest absolute Gasteiger partial charge is 0.469 e. The molecule has 1 atom stereocenters. The molecule has 0 aliphatic rings. The van der Waals surface area contributed by atoms with Gasteiger partial charge in [-0.1, -0.05) is 19.8 Å². The van der Waals surface area contributed by atoms with Crippen LogP contribution in [0.1, 0.15) is 32.6 Å². The maximum absolute atomic E-state index is 12.4. The van der Waals surface area contributed by atoms with E-state index in [4.69, 9.17) is 5.73 Å². The molecule has 0 spiro atoms. The predicted octanol–water partition coefficient (Wildman–Crippen LogP) is 1.46. The Balaban J connectivity index is 4.65. The van der Waals surface area contributed by atoms with Gasteiger partial charge in [-0.15, -0.1) is 0 Å². The van der Waals surface area contributed by atoms with Crippen LogP contribution in [0.15, 0.2) is 0 Å². The van der Waals surface area contributed by atoms with E-state index in [1.165, 1.54) is 0 Å². The van der Waals surface area contributed by atoms with E-state index in [1.54, 1.807) is 0 Å². The number of ether oxygens (including phenoxy) is 1. The van der Waals surface area contributed by atoms with Gasteiger partial charge in [-0.2, -0.15) is 13.2 Å². The Hall–Kier alpha value is -1.31. The van der Waals surface area contributed by atoms with E-state index in [2.05, 4.69) is 4.74 Å². The van der Waals surface area contributed by atoms with Gasteiger partial charge in [0.25, 0.3) is 0 Å². The Morgan fingerprint density at radius 2 is 1.95 bits per heavy atom.